The summed E-state index contributed by atoms with van der Waals surface area (Å²) in [6, 6.07) is 4.29. The molecule has 1 unspecified atom stereocenters. The molecule has 0 spiro atoms. The first-order valence-corrected chi connectivity index (χ1v) is 6.29. The molecule has 1 N–H and O–H groups in total. The van der Waals surface area contributed by atoms with Crippen molar-refractivity contribution in [3.8, 4) is 0 Å². The Kier molecular flexibility index (Phi) is 4.93. The largest absolute Gasteiger partial charge is 0.350 e. The lowest BCUT2D eigenvalue weighted by Gasteiger charge is -2.13. The average Bonchev–Trinajstić information content (AvgIpc) is 2.17. The van der Waals surface area contributed by atoms with Gasteiger partial charge in [-0.1, -0.05) is 15.9 Å². The van der Waals surface area contributed by atoms with Crippen LogP contribution in [0.4, 0.5) is 4.39 Å². The third-order valence-electron chi connectivity index (χ3n) is 2.35. The second-order valence-corrected chi connectivity index (χ2v) is 4.60. The van der Waals surface area contributed by atoms with Gasteiger partial charge in [-0.15, -0.1) is 0 Å². The molecule has 1 atom stereocenters. The predicted octanol–water partition coefficient (Wildman–Crippen LogP) is 3.04. The van der Waals surface area contributed by atoms with Crippen LogP contribution in [0, 0.1) is 12.7 Å². The van der Waals surface area contributed by atoms with Crippen LogP contribution in [-0.4, -0.2) is 17.3 Å². The van der Waals surface area contributed by atoms with Crippen LogP contribution in [0.25, 0.3) is 0 Å². The highest BCUT2D eigenvalue weighted by atomic mass is 79.9. The number of alkyl halides is 1. The van der Waals surface area contributed by atoms with E-state index in [4.69, 9.17) is 0 Å². The van der Waals surface area contributed by atoms with E-state index in [-0.39, 0.29) is 17.8 Å². The Balaban J connectivity index is 2.73. The number of carbonyl (C=O) groups is 1. The molecule has 1 aromatic carbocycles. The fourth-order valence-corrected chi connectivity index (χ4v) is 2.11. The second kappa shape index (κ2) is 5.99. The lowest BCUT2D eigenvalue weighted by molar-refractivity contribution is 0.0939. The molecule has 0 fully saturated rings. The van der Waals surface area contributed by atoms with Gasteiger partial charge in [0, 0.05) is 16.9 Å². The number of aryl methyl sites for hydroxylation is 1. The summed E-state index contributed by atoms with van der Waals surface area (Å²) in [4.78, 5) is 11.8. The number of hydrogen-bond donors (Lipinski definition) is 1. The van der Waals surface area contributed by atoms with Crippen molar-refractivity contribution in [3.05, 3.63) is 35.1 Å². The highest BCUT2D eigenvalue weighted by Gasteiger charge is 2.11. The zero-order valence-electron chi connectivity index (χ0n) is 9.39. The zero-order chi connectivity index (χ0) is 12.1. The van der Waals surface area contributed by atoms with Gasteiger partial charge in [0.1, 0.15) is 5.82 Å². The lowest BCUT2D eigenvalue weighted by atomic mass is 10.1. The number of hydrogen-bond acceptors (Lipinski definition) is 1. The quantitative estimate of drug-likeness (QED) is 0.848. The Hall–Kier alpha value is -0.900. The fourth-order valence-electron chi connectivity index (χ4n) is 1.42. The summed E-state index contributed by atoms with van der Waals surface area (Å²) in [6.45, 7) is 3.67. The number of carbonyl (C=O) groups excluding carboxylic acids is 1. The molecule has 0 saturated heterocycles. The molecule has 0 aliphatic rings. The molecule has 4 heteroatoms. The van der Waals surface area contributed by atoms with E-state index in [0.717, 1.165) is 11.8 Å². The summed E-state index contributed by atoms with van der Waals surface area (Å²) < 4.78 is 12.9. The molecule has 88 valence electrons. The molecule has 1 aromatic rings. The first-order chi connectivity index (χ1) is 7.54. The summed E-state index contributed by atoms with van der Waals surface area (Å²) in [6.07, 6.45) is 0.867. The van der Waals surface area contributed by atoms with Crippen molar-refractivity contribution < 1.29 is 9.18 Å². The highest BCUT2D eigenvalue weighted by molar-refractivity contribution is 9.09. The summed E-state index contributed by atoms with van der Waals surface area (Å²) in [7, 11) is 0. The summed E-state index contributed by atoms with van der Waals surface area (Å²) in [5.41, 5.74) is 1.19. The fraction of sp³-hybridized carbons (Fsp3) is 0.417. The lowest BCUT2D eigenvalue weighted by Crippen LogP contribution is -2.33. The molecular formula is C12H15BrFNO. The molecule has 2 nitrogen and oxygen atoms in total. The van der Waals surface area contributed by atoms with Crippen molar-refractivity contribution >= 4 is 21.8 Å². The van der Waals surface area contributed by atoms with Gasteiger partial charge in [-0.3, -0.25) is 4.79 Å². The summed E-state index contributed by atoms with van der Waals surface area (Å²) in [5.74, 6) is -0.464. The van der Waals surface area contributed by atoms with E-state index in [9.17, 15) is 9.18 Å². The average molecular weight is 288 g/mol. The van der Waals surface area contributed by atoms with E-state index >= 15 is 0 Å². The molecule has 0 radical (unpaired) electrons. The van der Waals surface area contributed by atoms with Crippen LogP contribution in [0.5, 0.6) is 0 Å². The van der Waals surface area contributed by atoms with Crippen molar-refractivity contribution in [2.75, 3.05) is 5.33 Å². The van der Waals surface area contributed by atoms with Crippen molar-refractivity contribution in [1.29, 1.82) is 0 Å². The van der Waals surface area contributed by atoms with E-state index in [0.29, 0.717) is 11.1 Å². The van der Waals surface area contributed by atoms with Gasteiger partial charge in [0.15, 0.2) is 0 Å². The van der Waals surface area contributed by atoms with Crippen LogP contribution >= 0.6 is 15.9 Å². The van der Waals surface area contributed by atoms with E-state index in [1.165, 1.54) is 18.2 Å². The number of amides is 1. The van der Waals surface area contributed by atoms with Gasteiger partial charge in [-0.25, -0.2) is 4.39 Å². The third-order valence-corrected chi connectivity index (χ3v) is 2.81. The van der Waals surface area contributed by atoms with Gasteiger partial charge in [-0.05, 0) is 44.0 Å². The number of halogens is 2. The molecule has 0 bridgehead atoms. The Morgan fingerprint density at radius 3 is 2.81 bits per heavy atom. The van der Waals surface area contributed by atoms with Crippen molar-refractivity contribution in [1.82, 2.24) is 5.32 Å². The second-order valence-electron chi connectivity index (χ2n) is 3.81. The van der Waals surface area contributed by atoms with Crippen LogP contribution in [0.15, 0.2) is 18.2 Å². The van der Waals surface area contributed by atoms with Gasteiger partial charge in [-0.2, -0.15) is 0 Å². The van der Waals surface area contributed by atoms with E-state index in [2.05, 4.69) is 21.2 Å². The van der Waals surface area contributed by atoms with Gasteiger partial charge in [0.25, 0.3) is 5.91 Å². The SMILES string of the molecule is Cc1cc(F)ccc1C(=O)NC(C)CCBr. The van der Waals surface area contributed by atoms with Gasteiger partial charge >= 0.3 is 0 Å². The third kappa shape index (κ3) is 3.59. The topological polar surface area (TPSA) is 29.1 Å². The van der Waals surface area contributed by atoms with E-state index < -0.39 is 0 Å². The van der Waals surface area contributed by atoms with Crippen LogP contribution in [0.2, 0.25) is 0 Å². The standard InChI is InChI=1S/C12H15BrFNO/c1-8-7-10(14)3-4-11(8)12(16)15-9(2)5-6-13/h3-4,7,9H,5-6H2,1-2H3,(H,15,16). The van der Waals surface area contributed by atoms with E-state index in [1.54, 1.807) is 6.92 Å². The Labute approximate surface area is 103 Å². The van der Waals surface area contributed by atoms with Crippen LogP contribution in [0.3, 0.4) is 0 Å². The Morgan fingerprint density at radius 1 is 1.56 bits per heavy atom. The molecule has 16 heavy (non-hydrogen) atoms. The normalized spacial score (nSPS) is 12.2. The maximum absolute atomic E-state index is 12.9. The molecule has 0 aliphatic carbocycles. The first kappa shape index (κ1) is 13.2. The first-order valence-electron chi connectivity index (χ1n) is 5.17. The van der Waals surface area contributed by atoms with Crippen LogP contribution in [0.1, 0.15) is 29.3 Å². The minimum Gasteiger partial charge on any atom is -0.350 e. The van der Waals surface area contributed by atoms with E-state index in [1.807, 2.05) is 6.92 Å². The van der Waals surface area contributed by atoms with Crippen molar-refractivity contribution in [2.45, 2.75) is 26.3 Å². The van der Waals surface area contributed by atoms with Gasteiger partial charge in [0.2, 0.25) is 0 Å². The van der Waals surface area contributed by atoms with Crippen LogP contribution < -0.4 is 5.32 Å². The highest BCUT2D eigenvalue weighted by Crippen LogP contribution is 2.10. The molecular weight excluding hydrogens is 273 g/mol. The molecule has 0 saturated carbocycles. The van der Waals surface area contributed by atoms with Gasteiger partial charge < -0.3 is 5.32 Å². The maximum Gasteiger partial charge on any atom is 0.251 e. The summed E-state index contributed by atoms with van der Waals surface area (Å²) in [5, 5.41) is 3.71. The van der Waals surface area contributed by atoms with Crippen LogP contribution in [-0.2, 0) is 0 Å². The summed E-state index contributed by atoms with van der Waals surface area (Å²) >= 11 is 3.32. The Morgan fingerprint density at radius 2 is 2.25 bits per heavy atom. The maximum atomic E-state index is 12.9. The van der Waals surface area contributed by atoms with Crippen molar-refractivity contribution in [3.63, 3.8) is 0 Å². The number of nitrogens with one attached hydrogen (secondary N) is 1. The molecule has 1 amide bonds. The van der Waals surface area contributed by atoms with Gasteiger partial charge in [0.05, 0.1) is 0 Å². The monoisotopic (exact) mass is 287 g/mol. The molecule has 0 aliphatic heterocycles. The minimum atomic E-state index is -0.317. The van der Waals surface area contributed by atoms with Crippen molar-refractivity contribution in [2.24, 2.45) is 0 Å². The molecule has 0 heterocycles. The number of rotatable bonds is 4. The zero-order valence-corrected chi connectivity index (χ0v) is 11.0. The smallest absolute Gasteiger partial charge is 0.251 e. The molecule has 1 rings (SSSR count). The Bertz CT molecular complexity index is 381. The number of benzene rings is 1. The minimum absolute atomic E-state index is 0.108. The molecule has 0 aromatic heterocycles. The predicted molar refractivity (Wildman–Crippen MR) is 66.5 cm³/mol.